The fraction of sp³-hybridized carbons (Fsp3) is 0.200. The molecule has 0 unspecified atom stereocenters. The molecule has 5 nitrogen and oxygen atoms in total. The minimum atomic E-state index is -1.06. The van der Waals surface area contributed by atoms with Crippen molar-refractivity contribution in [2.24, 2.45) is 0 Å². The summed E-state index contributed by atoms with van der Waals surface area (Å²) in [5.74, 6) is -0.493. The zero-order valence-corrected chi connectivity index (χ0v) is 14.5. The number of aromatic carboxylic acids is 1. The van der Waals surface area contributed by atoms with Crippen LogP contribution in [0.1, 0.15) is 21.6 Å². The van der Waals surface area contributed by atoms with E-state index in [0.29, 0.717) is 23.4 Å². The molecule has 0 amide bonds. The molecular weight excluding hydrogens is 316 g/mol. The maximum Gasteiger partial charge on any atom is 0.354 e. The van der Waals surface area contributed by atoms with Crippen LogP contribution in [-0.2, 0) is 6.61 Å². The number of aromatic nitrogens is 1. The van der Waals surface area contributed by atoms with Gasteiger partial charge in [-0.2, -0.15) is 0 Å². The zero-order chi connectivity index (χ0) is 18.0. The quantitative estimate of drug-likeness (QED) is 0.766. The lowest BCUT2D eigenvalue weighted by Crippen LogP contribution is -2.12. The highest BCUT2D eigenvalue weighted by molar-refractivity contribution is 6.00. The summed E-state index contributed by atoms with van der Waals surface area (Å²) in [6, 6.07) is 15.5. The molecule has 0 aliphatic rings. The van der Waals surface area contributed by atoms with Gasteiger partial charge in [0.05, 0.1) is 11.2 Å². The Balaban J connectivity index is 2.16. The second kappa shape index (κ2) is 6.81. The van der Waals surface area contributed by atoms with Crippen LogP contribution in [0.15, 0.2) is 48.5 Å². The molecule has 1 aromatic heterocycles. The first-order valence-corrected chi connectivity index (χ1v) is 7.99. The summed E-state index contributed by atoms with van der Waals surface area (Å²) in [6.07, 6.45) is 0. The monoisotopic (exact) mass is 336 g/mol. The van der Waals surface area contributed by atoms with Gasteiger partial charge in [0.15, 0.2) is 5.69 Å². The SMILES string of the molecule is Cc1c(C(=O)O)nc2c(N(C)C)cccc2c1OCc1ccccc1. The van der Waals surface area contributed by atoms with Gasteiger partial charge in [0, 0.05) is 25.0 Å². The molecule has 1 N–H and O–H groups in total. The van der Waals surface area contributed by atoms with E-state index in [4.69, 9.17) is 4.74 Å². The van der Waals surface area contributed by atoms with Crippen LogP contribution in [0.25, 0.3) is 10.9 Å². The van der Waals surface area contributed by atoms with Gasteiger partial charge in [0.25, 0.3) is 0 Å². The lowest BCUT2D eigenvalue weighted by Gasteiger charge is -2.19. The molecule has 0 radical (unpaired) electrons. The van der Waals surface area contributed by atoms with Crippen LogP contribution < -0.4 is 9.64 Å². The van der Waals surface area contributed by atoms with E-state index in [0.717, 1.165) is 16.6 Å². The van der Waals surface area contributed by atoms with Crippen molar-refractivity contribution in [3.8, 4) is 5.75 Å². The molecule has 3 aromatic rings. The first-order chi connectivity index (χ1) is 12.0. The van der Waals surface area contributed by atoms with E-state index in [1.807, 2.05) is 67.5 Å². The second-order valence-corrected chi connectivity index (χ2v) is 6.06. The van der Waals surface area contributed by atoms with E-state index in [2.05, 4.69) is 4.98 Å². The number of carboxylic acid groups (broad SMARTS) is 1. The molecule has 0 saturated heterocycles. The fourth-order valence-corrected chi connectivity index (χ4v) is 2.82. The van der Waals surface area contributed by atoms with Gasteiger partial charge in [0.2, 0.25) is 0 Å². The molecular formula is C20H20N2O3. The summed E-state index contributed by atoms with van der Waals surface area (Å²) in [5, 5.41) is 10.3. The van der Waals surface area contributed by atoms with Gasteiger partial charge in [-0.05, 0) is 24.6 Å². The number of hydrogen-bond acceptors (Lipinski definition) is 4. The van der Waals surface area contributed by atoms with Crippen molar-refractivity contribution in [3.05, 3.63) is 65.4 Å². The molecule has 0 fully saturated rings. The molecule has 0 aliphatic heterocycles. The van der Waals surface area contributed by atoms with Gasteiger partial charge in [-0.15, -0.1) is 0 Å². The Morgan fingerprint density at radius 2 is 1.84 bits per heavy atom. The van der Waals surface area contributed by atoms with Crippen LogP contribution in [0.4, 0.5) is 5.69 Å². The molecule has 0 spiro atoms. The molecule has 0 atom stereocenters. The average Bonchev–Trinajstić information content (AvgIpc) is 2.60. The molecule has 25 heavy (non-hydrogen) atoms. The minimum Gasteiger partial charge on any atom is -0.488 e. The summed E-state index contributed by atoms with van der Waals surface area (Å²) < 4.78 is 6.04. The first-order valence-electron chi connectivity index (χ1n) is 7.99. The number of nitrogens with zero attached hydrogens (tertiary/aromatic N) is 2. The number of ether oxygens (including phenoxy) is 1. The van der Waals surface area contributed by atoms with Crippen LogP contribution in [0.3, 0.4) is 0 Å². The van der Waals surface area contributed by atoms with Gasteiger partial charge in [0.1, 0.15) is 12.4 Å². The summed E-state index contributed by atoms with van der Waals surface area (Å²) in [7, 11) is 3.81. The lowest BCUT2D eigenvalue weighted by atomic mass is 10.1. The van der Waals surface area contributed by atoms with E-state index in [-0.39, 0.29) is 5.69 Å². The van der Waals surface area contributed by atoms with Crippen molar-refractivity contribution in [1.82, 2.24) is 4.98 Å². The van der Waals surface area contributed by atoms with Crippen LogP contribution in [-0.4, -0.2) is 30.2 Å². The van der Waals surface area contributed by atoms with Crippen molar-refractivity contribution in [2.45, 2.75) is 13.5 Å². The summed E-state index contributed by atoms with van der Waals surface area (Å²) in [4.78, 5) is 17.9. The molecule has 0 aliphatic carbocycles. The Kier molecular flexibility index (Phi) is 4.57. The molecule has 0 saturated carbocycles. The van der Waals surface area contributed by atoms with Crippen molar-refractivity contribution in [3.63, 3.8) is 0 Å². The third-order valence-corrected chi connectivity index (χ3v) is 4.09. The highest BCUT2D eigenvalue weighted by atomic mass is 16.5. The van der Waals surface area contributed by atoms with Gasteiger partial charge >= 0.3 is 5.97 Å². The second-order valence-electron chi connectivity index (χ2n) is 6.06. The molecule has 3 rings (SSSR count). The minimum absolute atomic E-state index is 0.0184. The average molecular weight is 336 g/mol. The van der Waals surface area contributed by atoms with Crippen LogP contribution >= 0.6 is 0 Å². The Hall–Kier alpha value is -3.08. The van der Waals surface area contributed by atoms with Crippen molar-refractivity contribution in [2.75, 3.05) is 19.0 Å². The summed E-state index contributed by atoms with van der Waals surface area (Å²) >= 11 is 0. The van der Waals surface area contributed by atoms with E-state index in [1.165, 1.54) is 0 Å². The van der Waals surface area contributed by atoms with E-state index >= 15 is 0 Å². The number of hydrogen-bond donors (Lipinski definition) is 1. The standard InChI is InChI=1S/C20H20N2O3/c1-13-17(20(23)24)21-18-15(10-7-11-16(18)22(2)3)19(13)25-12-14-8-5-4-6-9-14/h4-11H,12H2,1-3H3,(H,23,24). The maximum absolute atomic E-state index is 11.6. The number of para-hydroxylation sites is 1. The normalized spacial score (nSPS) is 10.7. The molecule has 0 bridgehead atoms. The lowest BCUT2D eigenvalue weighted by molar-refractivity contribution is 0.0689. The van der Waals surface area contributed by atoms with Crippen molar-refractivity contribution < 1.29 is 14.6 Å². The van der Waals surface area contributed by atoms with Gasteiger partial charge in [-0.3, -0.25) is 0 Å². The number of carbonyl (C=O) groups is 1. The van der Waals surface area contributed by atoms with Crippen molar-refractivity contribution >= 4 is 22.6 Å². The molecule has 2 aromatic carbocycles. The van der Waals surface area contributed by atoms with Gasteiger partial charge in [-0.1, -0.05) is 36.4 Å². The zero-order valence-electron chi connectivity index (χ0n) is 14.5. The largest absolute Gasteiger partial charge is 0.488 e. The third-order valence-electron chi connectivity index (χ3n) is 4.09. The number of anilines is 1. The molecule has 128 valence electrons. The Bertz CT molecular complexity index is 921. The number of rotatable bonds is 5. The van der Waals surface area contributed by atoms with Crippen molar-refractivity contribution in [1.29, 1.82) is 0 Å². The van der Waals surface area contributed by atoms with Gasteiger partial charge < -0.3 is 14.7 Å². The third kappa shape index (κ3) is 3.26. The molecule has 1 heterocycles. The van der Waals surface area contributed by atoms with E-state index < -0.39 is 5.97 Å². The number of fused-ring (bicyclic) bond motifs is 1. The first kappa shape index (κ1) is 16.8. The summed E-state index contributed by atoms with van der Waals surface area (Å²) in [5.41, 5.74) is 3.05. The number of carboxylic acids is 1. The predicted molar refractivity (Wildman–Crippen MR) is 98.5 cm³/mol. The highest BCUT2D eigenvalue weighted by Gasteiger charge is 2.20. The number of benzene rings is 2. The molecule has 5 heteroatoms. The maximum atomic E-state index is 11.6. The summed E-state index contributed by atoms with van der Waals surface area (Å²) in [6.45, 7) is 2.10. The fourth-order valence-electron chi connectivity index (χ4n) is 2.82. The smallest absolute Gasteiger partial charge is 0.354 e. The Labute approximate surface area is 146 Å². The highest BCUT2D eigenvalue weighted by Crippen LogP contribution is 2.35. The van der Waals surface area contributed by atoms with Crippen LogP contribution in [0.2, 0.25) is 0 Å². The predicted octanol–water partition coefficient (Wildman–Crippen LogP) is 3.89. The topological polar surface area (TPSA) is 62.7 Å². The van der Waals surface area contributed by atoms with E-state index in [9.17, 15) is 9.90 Å². The Morgan fingerprint density at radius 3 is 2.48 bits per heavy atom. The van der Waals surface area contributed by atoms with Crippen LogP contribution in [0, 0.1) is 6.92 Å². The number of pyridine rings is 1. The van der Waals surface area contributed by atoms with E-state index in [1.54, 1.807) is 6.92 Å². The van der Waals surface area contributed by atoms with Gasteiger partial charge in [-0.25, -0.2) is 9.78 Å². The van der Waals surface area contributed by atoms with Crippen LogP contribution in [0.5, 0.6) is 5.75 Å². The Morgan fingerprint density at radius 1 is 1.12 bits per heavy atom.